The molecule has 0 N–H and O–H groups in total. The minimum absolute atomic E-state index is 0.0498. The van der Waals surface area contributed by atoms with Gasteiger partial charge in [-0.2, -0.15) is 0 Å². The fraction of sp³-hybridized carbons (Fsp3) is 0.364. The van der Waals surface area contributed by atoms with Gasteiger partial charge in [0.2, 0.25) is 0 Å². The van der Waals surface area contributed by atoms with E-state index in [1.807, 2.05) is 36.4 Å². The summed E-state index contributed by atoms with van der Waals surface area (Å²) in [5.74, 6) is 2.40. The SMILES string of the molecule is COc1ccccc1OCC(=O)N1CCCSC1=Nc1ccccc1C(C)C. The van der Waals surface area contributed by atoms with Crippen LogP contribution in [0.5, 0.6) is 11.5 Å². The monoisotopic (exact) mass is 398 g/mol. The van der Waals surface area contributed by atoms with Crippen LogP contribution in [0, 0.1) is 0 Å². The molecule has 1 aliphatic heterocycles. The molecule has 1 amide bonds. The van der Waals surface area contributed by atoms with E-state index in [-0.39, 0.29) is 12.5 Å². The highest BCUT2D eigenvalue weighted by Crippen LogP contribution is 2.30. The van der Waals surface area contributed by atoms with E-state index in [0.29, 0.717) is 24.0 Å². The van der Waals surface area contributed by atoms with Crippen molar-refractivity contribution in [3.05, 3.63) is 54.1 Å². The number of amidine groups is 1. The van der Waals surface area contributed by atoms with E-state index in [1.54, 1.807) is 29.8 Å². The molecular weight excluding hydrogens is 372 g/mol. The predicted octanol–water partition coefficient (Wildman–Crippen LogP) is 4.85. The highest BCUT2D eigenvalue weighted by atomic mass is 32.2. The second-order valence-corrected chi connectivity index (χ2v) is 7.86. The summed E-state index contributed by atoms with van der Waals surface area (Å²) in [4.78, 5) is 19.4. The van der Waals surface area contributed by atoms with Gasteiger partial charge in [-0.1, -0.05) is 55.9 Å². The van der Waals surface area contributed by atoms with Gasteiger partial charge >= 0.3 is 0 Å². The summed E-state index contributed by atoms with van der Waals surface area (Å²) in [6.45, 7) is 4.91. The molecule has 6 heteroatoms. The molecule has 0 radical (unpaired) electrons. The number of nitrogens with zero attached hydrogens (tertiary/aromatic N) is 2. The molecule has 0 bridgehead atoms. The van der Waals surface area contributed by atoms with Gasteiger partial charge < -0.3 is 9.47 Å². The Morgan fingerprint density at radius 3 is 2.61 bits per heavy atom. The third-order valence-electron chi connectivity index (χ3n) is 4.48. The predicted molar refractivity (Wildman–Crippen MR) is 115 cm³/mol. The fourth-order valence-electron chi connectivity index (χ4n) is 3.02. The van der Waals surface area contributed by atoms with Crippen LogP contribution in [0.4, 0.5) is 5.69 Å². The summed E-state index contributed by atoms with van der Waals surface area (Å²) in [5, 5.41) is 0.743. The minimum atomic E-state index is -0.0983. The number of hydrogen-bond donors (Lipinski definition) is 0. The highest BCUT2D eigenvalue weighted by Gasteiger charge is 2.25. The second kappa shape index (κ2) is 9.64. The van der Waals surface area contributed by atoms with E-state index >= 15 is 0 Å². The van der Waals surface area contributed by atoms with E-state index in [4.69, 9.17) is 14.5 Å². The van der Waals surface area contributed by atoms with Gasteiger partial charge in [-0.05, 0) is 36.1 Å². The average Bonchev–Trinajstić information content (AvgIpc) is 2.73. The molecule has 0 atom stereocenters. The summed E-state index contributed by atoms with van der Waals surface area (Å²) >= 11 is 1.62. The van der Waals surface area contributed by atoms with Crippen molar-refractivity contribution in [1.29, 1.82) is 0 Å². The normalized spacial score (nSPS) is 15.7. The minimum Gasteiger partial charge on any atom is -0.493 e. The largest absolute Gasteiger partial charge is 0.493 e. The highest BCUT2D eigenvalue weighted by molar-refractivity contribution is 8.13. The van der Waals surface area contributed by atoms with Crippen LogP contribution in [-0.2, 0) is 4.79 Å². The van der Waals surface area contributed by atoms with Crippen LogP contribution in [0.15, 0.2) is 53.5 Å². The van der Waals surface area contributed by atoms with Crippen molar-refractivity contribution in [2.24, 2.45) is 4.99 Å². The average molecular weight is 399 g/mol. The summed E-state index contributed by atoms with van der Waals surface area (Å²) in [5.41, 5.74) is 2.10. The Morgan fingerprint density at radius 2 is 1.86 bits per heavy atom. The van der Waals surface area contributed by atoms with Gasteiger partial charge in [0.15, 0.2) is 23.3 Å². The number of thioether (sulfide) groups is 1. The third-order valence-corrected chi connectivity index (χ3v) is 5.55. The molecule has 2 aromatic carbocycles. The van der Waals surface area contributed by atoms with Crippen LogP contribution in [0.1, 0.15) is 31.7 Å². The molecule has 1 heterocycles. The molecule has 0 aliphatic carbocycles. The number of methoxy groups -OCH3 is 1. The molecule has 0 spiro atoms. The molecule has 148 valence electrons. The van der Waals surface area contributed by atoms with E-state index in [1.165, 1.54) is 5.56 Å². The van der Waals surface area contributed by atoms with Gasteiger partial charge in [0.25, 0.3) is 5.91 Å². The maximum Gasteiger partial charge on any atom is 0.266 e. The first-order valence-corrected chi connectivity index (χ1v) is 10.4. The second-order valence-electron chi connectivity index (χ2n) is 6.79. The van der Waals surface area contributed by atoms with Gasteiger partial charge in [-0.15, -0.1) is 0 Å². The molecule has 1 aliphatic rings. The quantitative estimate of drug-likeness (QED) is 0.698. The van der Waals surface area contributed by atoms with Crippen molar-refractivity contribution >= 4 is 28.5 Å². The summed E-state index contributed by atoms with van der Waals surface area (Å²) in [6, 6.07) is 15.4. The number of ether oxygens (including phenoxy) is 2. The number of hydrogen-bond acceptors (Lipinski definition) is 5. The number of carbonyl (C=O) groups excluding carboxylic acids is 1. The Kier molecular flexibility index (Phi) is 6.98. The standard InChI is InChI=1S/C22H26N2O3S/c1-16(2)17-9-4-5-10-18(17)23-22-24(13-8-14-28-22)21(25)15-27-20-12-7-6-11-19(20)26-3/h4-7,9-12,16H,8,13-15H2,1-3H3. The molecule has 0 unspecified atom stereocenters. The van der Waals surface area contributed by atoms with Gasteiger partial charge in [0.1, 0.15) is 0 Å². The van der Waals surface area contributed by atoms with Crippen molar-refractivity contribution in [3.8, 4) is 11.5 Å². The van der Waals surface area contributed by atoms with Crippen LogP contribution < -0.4 is 9.47 Å². The van der Waals surface area contributed by atoms with Gasteiger partial charge in [-0.25, -0.2) is 4.99 Å². The lowest BCUT2D eigenvalue weighted by atomic mass is 10.0. The van der Waals surface area contributed by atoms with Crippen molar-refractivity contribution in [2.75, 3.05) is 26.0 Å². The molecule has 1 fully saturated rings. The van der Waals surface area contributed by atoms with E-state index < -0.39 is 0 Å². The van der Waals surface area contributed by atoms with Gasteiger partial charge in [0.05, 0.1) is 12.8 Å². The molecule has 1 saturated heterocycles. The van der Waals surface area contributed by atoms with E-state index in [9.17, 15) is 4.79 Å². The molecular formula is C22H26N2O3S. The Bertz CT molecular complexity index is 851. The van der Waals surface area contributed by atoms with Crippen molar-refractivity contribution in [2.45, 2.75) is 26.2 Å². The summed E-state index contributed by atoms with van der Waals surface area (Å²) in [6.07, 6.45) is 0.940. The zero-order valence-electron chi connectivity index (χ0n) is 16.6. The Balaban J connectivity index is 1.77. The first-order chi connectivity index (χ1) is 13.6. The van der Waals surface area contributed by atoms with E-state index in [2.05, 4.69) is 19.9 Å². The number of amides is 1. The molecule has 5 nitrogen and oxygen atoms in total. The van der Waals surface area contributed by atoms with E-state index in [0.717, 1.165) is 23.0 Å². The summed E-state index contributed by atoms with van der Waals surface area (Å²) in [7, 11) is 1.59. The molecule has 28 heavy (non-hydrogen) atoms. The smallest absolute Gasteiger partial charge is 0.266 e. The fourth-order valence-corrected chi connectivity index (χ4v) is 3.99. The lowest BCUT2D eigenvalue weighted by Crippen LogP contribution is -2.41. The lowest BCUT2D eigenvalue weighted by molar-refractivity contribution is -0.129. The Hall–Kier alpha value is -2.47. The van der Waals surface area contributed by atoms with Crippen LogP contribution in [0.2, 0.25) is 0 Å². The van der Waals surface area contributed by atoms with Crippen LogP contribution in [0.25, 0.3) is 0 Å². The Morgan fingerprint density at radius 1 is 1.14 bits per heavy atom. The zero-order valence-corrected chi connectivity index (χ0v) is 17.4. The third kappa shape index (κ3) is 4.87. The van der Waals surface area contributed by atoms with Gasteiger partial charge in [-0.3, -0.25) is 9.69 Å². The zero-order chi connectivity index (χ0) is 19.9. The Labute approximate surface area is 170 Å². The van der Waals surface area contributed by atoms with Crippen LogP contribution in [-0.4, -0.2) is 42.0 Å². The number of rotatable bonds is 6. The summed E-state index contributed by atoms with van der Waals surface area (Å²) < 4.78 is 11.0. The maximum absolute atomic E-state index is 12.9. The number of para-hydroxylation sites is 3. The van der Waals surface area contributed by atoms with Crippen molar-refractivity contribution in [3.63, 3.8) is 0 Å². The number of carbonyl (C=O) groups is 1. The first kappa shape index (κ1) is 20.3. The molecule has 3 rings (SSSR count). The molecule has 2 aromatic rings. The van der Waals surface area contributed by atoms with Crippen LogP contribution in [0.3, 0.4) is 0 Å². The first-order valence-electron chi connectivity index (χ1n) is 9.46. The van der Waals surface area contributed by atoms with Crippen molar-refractivity contribution < 1.29 is 14.3 Å². The molecule has 0 aromatic heterocycles. The van der Waals surface area contributed by atoms with Gasteiger partial charge in [0, 0.05) is 12.3 Å². The topological polar surface area (TPSA) is 51.1 Å². The lowest BCUT2D eigenvalue weighted by Gasteiger charge is -2.28. The molecule has 0 saturated carbocycles. The van der Waals surface area contributed by atoms with Crippen molar-refractivity contribution in [1.82, 2.24) is 4.90 Å². The number of benzene rings is 2. The maximum atomic E-state index is 12.9. The van der Waals surface area contributed by atoms with Crippen LogP contribution >= 0.6 is 11.8 Å². The number of aliphatic imine (C=N–C) groups is 1.